The van der Waals surface area contributed by atoms with Gasteiger partial charge in [-0.1, -0.05) is 53.5 Å². The summed E-state index contributed by atoms with van der Waals surface area (Å²) in [6, 6.07) is 18.0. The van der Waals surface area contributed by atoms with Gasteiger partial charge in [0.25, 0.3) is 0 Å². The maximum Gasteiger partial charge on any atom is 0.229 e. The zero-order valence-electron chi connectivity index (χ0n) is 13.0. The summed E-state index contributed by atoms with van der Waals surface area (Å²) in [6.07, 6.45) is 0.281. The Morgan fingerprint density at radius 3 is 2.16 bits per heavy atom. The molecule has 0 spiro atoms. The third-order valence-corrected chi connectivity index (χ3v) is 3.71. The lowest BCUT2D eigenvalue weighted by Crippen LogP contribution is -2.15. The molecule has 0 aliphatic heterocycles. The fourth-order valence-electron chi connectivity index (χ4n) is 2.21. The van der Waals surface area contributed by atoms with Crippen LogP contribution in [-0.2, 0) is 11.2 Å². The van der Waals surface area contributed by atoms with Crippen LogP contribution in [0.2, 0.25) is 10.0 Å². The van der Waals surface area contributed by atoms with Crippen molar-refractivity contribution >= 4 is 46.4 Å². The summed E-state index contributed by atoms with van der Waals surface area (Å²) in [5.74, 6) is 0.748. The van der Waals surface area contributed by atoms with Crippen LogP contribution in [-0.4, -0.2) is 16.1 Å². The number of nitrogens with zero attached hydrogens (tertiary/aromatic N) is 2. The number of anilines is 3. The summed E-state index contributed by atoms with van der Waals surface area (Å²) in [7, 11) is 0. The van der Waals surface area contributed by atoms with Crippen LogP contribution in [0.25, 0.3) is 0 Å². The molecule has 126 valence electrons. The van der Waals surface area contributed by atoms with E-state index in [1.54, 1.807) is 30.3 Å². The van der Waals surface area contributed by atoms with Crippen LogP contribution in [0.5, 0.6) is 0 Å². The van der Waals surface area contributed by atoms with Crippen LogP contribution >= 0.6 is 23.2 Å². The van der Waals surface area contributed by atoms with Crippen LogP contribution in [0, 0.1) is 0 Å². The second-order valence-electron chi connectivity index (χ2n) is 5.30. The molecule has 25 heavy (non-hydrogen) atoms. The monoisotopic (exact) mass is 372 g/mol. The van der Waals surface area contributed by atoms with E-state index in [4.69, 9.17) is 23.2 Å². The molecular weight excluding hydrogens is 359 g/mol. The average Bonchev–Trinajstić information content (AvgIpc) is 2.56. The number of hydrogen-bond acceptors (Lipinski definition) is 4. The fraction of sp³-hybridized carbons (Fsp3) is 0.0556. The van der Waals surface area contributed by atoms with E-state index in [1.807, 2.05) is 30.3 Å². The van der Waals surface area contributed by atoms with Crippen molar-refractivity contribution in [3.8, 4) is 0 Å². The van der Waals surface area contributed by atoms with Gasteiger partial charge in [-0.2, -0.15) is 0 Å². The van der Waals surface area contributed by atoms with Crippen LogP contribution in [0.1, 0.15) is 5.56 Å². The summed E-state index contributed by atoms with van der Waals surface area (Å²) in [4.78, 5) is 12.0. The Morgan fingerprint density at radius 1 is 0.880 bits per heavy atom. The van der Waals surface area contributed by atoms with E-state index in [9.17, 15) is 4.79 Å². The Kier molecular flexibility index (Phi) is 5.48. The van der Waals surface area contributed by atoms with Crippen LogP contribution < -0.4 is 10.6 Å². The van der Waals surface area contributed by atoms with Gasteiger partial charge in [0.2, 0.25) is 5.91 Å². The van der Waals surface area contributed by atoms with Gasteiger partial charge in [-0.3, -0.25) is 4.79 Å². The van der Waals surface area contributed by atoms with Gasteiger partial charge in [-0.15, -0.1) is 10.2 Å². The van der Waals surface area contributed by atoms with Crippen molar-refractivity contribution in [3.63, 3.8) is 0 Å². The summed E-state index contributed by atoms with van der Waals surface area (Å²) in [5, 5.41) is 14.8. The highest BCUT2D eigenvalue weighted by Crippen LogP contribution is 2.24. The second kappa shape index (κ2) is 7.96. The van der Waals surface area contributed by atoms with Gasteiger partial charge < -0.3 is 10.6 Å². The first-order valence-electron chi connectivity index (χ1n) is 7.49. The van der Waals surface area contributed by atoms with Crippen LogP contribution in [0.3, 0.4) is 0 Å². The third kappa shape index (κ3) is 5.17. The highest BCUT2D eigenvalue weighted by Gasteiger charge is 2.06. The van der Waals surface area contributed by atoms with Gasteiger partial charge in [0.05, 0.1) is 6.42 Å². The molecule has 2 aromatic carbocycles. The number of benzene rings is 2. The van der Waals surface area contributed by atoms with E-state index in [0.29, 0.717) is 27.4 Å². The molecule has 5 nitrogen and oxygen atoms in total. The molecule has 0 unspecified atom stereocenters. The molecule has 0 atom stereocenters. The number of carbonyl (C=O) groups excluding carboxylic acids is 1. The number of carbonyl (C=O) groups is 1. The van der Waals surface area contributed by atoms with Gasteiger partial charge in [0.15, 0.2) is 11.6 Å². The first kappa shape index (κ1) is 17.2. The quantitative estimate of drug-likeness (QED) is 0.680. The standard InChI is InChI=1S/C18H14Cl2N4O/c19-13-9-14(20)11-15(10-13)21-16-6-7-17(24-23-16)22-18(25)8-12-4-2-1-3-5-12/h1-7,9-11H,8H2,(H,21,23)(H,22,24,25). The zero-order valence-corrected chi connectivity index (χ0v) is 14.6. The van der Waals surface area contributed by atoms with Gasteiger partial charge in [0.1, 0.15) is 0 Å². The van der Waals surface area contributed by atoms with Crippen molar-refractivity contribution < 1.29 is 4.79 Å². The van der Waals surface area contributed by atoms with E-state index in [2.05, 4.69) is 20.8 Å². The van der Waals surface area contributed by atoms with E-state index in [-0.39, 0.29) is 12.3 Å². The predicted molar refractivity (Wildman–Crippen MR) is 101 cm³/mol. The lowest BCUT2D eigenvalue weighted by molar-refractivity contribution is -0.115. The Balaban J connectivity index is 1.61. The number of hydrogen-bond donors (Lipinski definition) is 2. The maximum absolute atomic E-state index is 12.0. The first-order valence-corrected chi connectivity index (χ1v) is 8.25. The molecule has 2 N–H and O–H groups in total. The van der Waals surface area contributed by atoms with E-state index in [1.165, 1.54) is 0 Å². The molecule has 7 heteroatoms. The van der Waals surface area contributed by atoms with Crippen molar-refractivity contribution in [2.75, 3.05) is 10.6 Å². The molecule has 1 amide bonds. The molecule has 0 saturated carbocycles. The fourth-order valence-corrected chi connectivity index (χ4v) is 2.73. The van der Waals surface area contributed by atoms with Crippen molar-refractivity contribution in [3.05, 3.63) is 76.3 Å². The number of amides is 1. The third-order valence-electron chi connectivity index (χ3n) is 3.27. The van der Waals surface area contributed by atoms with Crippen molar-refractivity contribution in [2.24, 2.45) is 0 Å². The van der Waals surface area contributed by atoms with Crippen molar-refractivity contribution in [1.82, 2.24) is 10.2 Å². The average molecular weight is 373 g/mol. The van der Waals surface area contributed by atoms with Crippen LogP contribution in [0.15, 0.2) is 60.7 Å². The summed E-state index contributed by atoms with van der Waals surface area (Å²) in [5.41, 5.74) is 1.64. The normalized spacial score (nSPS) is 10.3. The Morgan fingerprint density at radius 2 is 1.52 bits per heavy atom. The predicted octanol–water partition coefficient (Wildman–Crippen LogP) is 4.71. The topological polar surface area (TPSA) is 66.9 Å². The van der Waals surface area contributed by atoms with Crippen molar-refractivity contribution in [2.45, 2.75) is 6.42 Å². The molecule has 1 heterocycles. The van der Waals surface area contributed by atoms with Gasteiger partial charge in [-0.25, -0.2) is 0 Å². The molecule has 0 aliphatic carbocycles. The van der Waals surface area contributed by atoms with E-state index >= 15 is 0 Å². The Hall–Kier alpha value is -2.63. The number of halogens is 2. The minimum Gasteiger partial charge on any atom is -0.339 e. The number of rotatable bonds is 5. The molecule has 0 saturated heterocycles. The minimum atomic E-state index is -0.150. The lowest BCUT2D eigenvalue weighted by atomic mass is 10.1. The van der Waals surface area contributed by atoms with Crippen LogP contribution in [0.4, 0.5) is 17.3 Å². The molecule has 0 aliphatic rings. The molecule has 0 bridgehead atoms. The van der Waals surface area contributed by atoms with Gasteiger partial charge in [-0.05, 0) is 35.9 Å². The second-order valence-corrected chi connectivity index (χ2v) is 6.17. The zero-order chi connectivity index (χ0) is 17.6. The summed E-state index contributed by atoms with van der Waals surface area (Å²) in [6.45, 7) is 0. The Bertz CT molecular complexity index is 850. The highest BCUT2D eigenvalue weighted by atomic mass is 35.5. The van der Waals surface area contributed by atoms with E-state index < -0.39 is 0 Å². The highest BCUT2D eigenvalue weighted by molar-refractivity contribution is 6.35. The minimum absolute atomic E-state index is 0.150. The summed E-state index contributed by atoms with van der Waals surface area (Å²) < 4.78 is 0. The summed E-state index contributed by atoms with van der Waals surface area (Å²) >= 11 is 11.9. The van der Waals surface area contributed by atoms with E-state index in [0.717, 1.165) is 5.56 Å². The van der Waals surface area contributed by atoms with Crippen molar-refractivity contribution in [1.29, 1.82) is 0 Å². The molecule has 3 rings (SSSR count). The number of nitrogens with one attached hydrogen (secondary N) is 2. The smallest absolute Gasteiger partial charge is 0.229 e. The first-order chi connectivity index (χ1) is 12.1. The molecular formula is C18H14Cl2N4O. The number of aromatic nitrogens is 2. The molecule has 0 fully saturated rings. The Labute approximate surface area is 155 Å². The SMILES string of the molecule is O=C(Cc1ccccc1)Nc1ccc(Nc2cc(Cl)cc(Cl)c2)nn1. The van der Waals surface area contributed by atoms with Gasteiger partial charge in [0, 0.05) is 15.7 Å². The maximum atomic E-state index is 12.0. The largest absolute Gasteiger partial charge is 0.339 e. The molecule has 0 radical (unpaired) electrons. The van der Waals surface area contributed by atoms with Gasteiger partial charge >= 0.3 is 0 Å². The lowest BCUT2D eigenvalue weighted by Gasteiger charge is -2.07. The molecule has 1 aromatic heterocycles. The molecule has 3 aromatic rings.